The van der Waals surface area contributed by atoms with Gasteiger partial charge < -0.3 is 4.98 Å². The normalized spacial score (nSPS) is 12.5. The Hall–Kier alpha value is -1.30. The average Bonchev–Trinajstić information content (AvgIpc) is 2.45. The largest absolute Gasteiger partial charge is 0.345 e. The predicted octanol–water partition coefficient (Wildman–Crippen LogP) is 1.91. The van der Waals surface area contributed by atoms with E-state index in [4.69, 9.17) is 5.26 Å². The molecule has 1 atom stereocenters. The van der Waals surface area contributed by atoms with E-state index in [2.05, 4.69) is 16.0 Å². The van der Waals surface area contributed by atoms with Gasteiger partial charge in [-0.2, -0.15) is 5.26 Å². The van der Waals surface area contributed by atoms with Crippen LogP contribution in [0.1, 0.15) is 37.0 Å². The topological polar surface area (TPSA) is 52.5 Å². The van der Waals surface area contributed by atoms with Crippen molar-refractivity contribution in [3.8, 4) is 6.07 Å². The molecule has 0 bridgehead atoms. The molecular formula is C9H13N3. The first-order chi connectivity index (χ1) is 5.69. The summed E-state index contributed by atoms with van der Waals surface area (Å²) in [5, 5.41) is 8.70. The smallest absolute Gasteiger partial charge is 0.106 e. The van der Waals surface area contributed by atoms with E-state index in [9.17, 15) is 0 Å². The quantitative estimate of drug-likeness (QED) is 0.724. The molecule has 1 heterocycles. The van der Waals surface area contributed by atoms with Crippen molar-refractivity contribution >= 4 is 0 Å². The lowest BCUT2D eigenvalue weighted by Gasteiger charge is -1.97. The summed E-state index contributed by atoms with van der Waals surface area (Å²) in [6.45, 7) is 5.85. The first-order valence-corrected chi connectivity index (χ1v) is 4.14. The maximum Gasteiger partial charge on any atom is 0.106 e. The summed E-state index contributed by atoms with van der Waals surface area (Å²) in [5.74, 6) is 0.877. The molecule has 1 aromatic heterocycles. The lowest BCUT2D eigenvalue weighted by Crippen LogP contribution is -1.92. The van der Waals surface area contributed by atoms with Gasteiger partial charge in [0, 0.05) is 6.42 Å². The van der Waals surface area contributed by atoms with Gasteiger partial charge in [0.15, 0.2) is 0 Å². The molecule has 0 fully saturated rings. The highest BCUT2D eigenvalue weighted by Crippen LogP contribution is 2.15. The highest BCUT2D eigenvalue weighted by Gasteiger charge is 2.11. The number of hydrogen-bond donors (Lipinski definition) is 1. The fourth-order valence-corrected chi connectivity index (χ4v) is 1.19. The summed E-state index contributed by atoms with van der Waals surface area (Å²) in [6, 6.07) is 2.19. The second kappa shape index (κ2) is 3.40. The van der Waals surface area contributed by atoms with Gasteiger partial charge in [0.25, 0.3) is 0 Å². The van der Waals surface area contributed by atoms with Crippen LogP contribution in [0.5, 0.6) is 0 Å². The van der Waals surface area contributed by atoms with Gasteiger partial charge >= 0.3 is 0 Å². The van der Waals surface area contributed by atoms with E-state index in [0.29, 0.717) is 0 Å². The van der Waals surface area contributed by atoms with E-state index in [-0.39, 0.29) is 5.92 Å². The summed E-state index contributed by atoms with van der Waals surface area (Å²) in [4.78, 5) is 7.44. The number of nitrogens with one attached hydrogen (secondary N) is 1. The van der Waals surface area contributed by atoms with Crippen molar-refractivity contribution in [2.75, 3.05) is 0 Å². The third-order valence-corrected chi connectivity index (χ3v) is 1.93. The summed E-state index contributed by atoms with van der Waals surface area (Å²) < 4.78 is 0. The summed E-state index contributed by atoms with van der Waals surface area (Å²) in [6.07, 6.45) is 0.888. The Morgan fingerprint density at radius 2 is 2.33 bits per heavy atom. The van der Waals surface area contributed by atoms with Crippen LogP contribution in [0.15, 0.2) is 0 Å². The molecule has 1 unspecified atom stereocenters. The van der Waals surface area contributed by atoms with Crippen LogP contribution >= 0.6 is 0 Å². The maximum atomic E-state index is 8.70. The third kappa shape index (κ3) is 1.48. The van der Waals surface area contributed by atoms with Gasteiger partial charge in [-0.1, -0.05) is 6.92 Å². The first kappa shape index (κ1) is 8.79. The monoisotopic (exact) mass is 163 g/mol. The van der Waals surface area contributed by atoms with E-state index < -0.39 is 0 Å². The molecule has 0 saturated heterocycles. The van der Waals surface area contributed by atoms with E-state index >= 15 is 0 Å². The molecule has 1 N–H and O–H groups in total. The van der Waals surface area contributed by atoms with Crippen LogP contribution in [-0.4, -0.2) is 9.97 Å². The second-order valence-corrected chi connectivity index (χ2v) is 2.89. The molecule has 3 heteroatoms. The number of imidazole rings is 1. The van der Waals surface area contributed by atoms with Gasteiger partial charge in [-0.15, -0.1) is 0 Å². The van der Waals surface area contributed by atoms with Gasteiger partial charge in [0.2, 0.25) is 0 Å². The Bertz CT molecular complexity index is 306. The maximum absolute atomic E-state index is 8.70. The number of rotatable bonds is 2. The van der Waals surface area contributed by atoms with Gasteiger partial charge in [0.05, 0.1) is 23.4 Å². The molecule has 0 saturated carbocycles. The van der Waals surface area contributed by atoms with Crippen molar-refractivity contribution in [1.82, 2.24) is 9.97 Å². The minimum absolute atomic E-state index is 0.0854. The van der Waals surface area contributed by atoms with Crippen LogP contribution in [0.3, 0.4) is 0 Å². The fourth-order valence-electron chi connectivity index (χ4n) is 1.19. The number of aromatic nitrogens is 2. The van der Waals surface area contributed by atoms with Crippen molar-refractivity contribution in [3.05, 3.63) is 17.2 Å². The summed E-state index contributed by atoms with van der Waals surface area (Å²) in [7, 11) is 0. The van der Waals surface area contributed by atoms with E-state index in [1.807, 2.05) is 20.8 Å². The first-order valence-electron chi connectivity index (χ1n) is 4.14. The van der Waals surface area contributed by atoms with E-state index in [1.54, 1.807) is 0 Å². The molecule has 0 aliphatic rings. The van der Waals surface area contributed by atoms with Crippen molar-refractivity contribution in [2.45, 2.75) is 33.1 Å². The molecule has 0 spiro atoms. The Balaban J connectivity index is 3.01. The number of H-pyrrole nitrogens is 1. The fraction of sp³-hybridized carbons (Fsp3) is 0.556. The van der Waals surface area contributed by atoms with Crippen LogP contribution in [0.4, 0.5) is 0 Å². The molecule has 1 aromatic rings. The third-order valence-electron chi connectivity index (χ3n) is 1.93. The Kier molecular flexibility index (Phi) is 2.49. The lowest BCUT2D eigenvalue weighted by atomic mass is 10.1. The zero-order chi connectivity index (χ0) is 9.14. The molecule has 64 valence electrons. The predicted molar refractivity (Wildman–Crippen MR) is 46.7 cm³/mol. The second-order valence-electron chi connectivity index (χ2n) is 2.89. The highest BCUT2D eigenvalue weighted by molar-refractivity contribution is 5.21. The molecule has 12 heavy (non-hydrogen) atoms. The molecule has 0 radical (unpaired) electrons. The number of aromatic amines is 1. The van der Waals surface area contributed by atoms with Gasteiger partial charge in [0.1, 0.15) is 5.82 Å². The van der Waals surface area contributed by atoms with Gasteiger partial charge in [-0.25, -0.2) is 4.98 Å². The minimum Gasteiger partial charge on any atom is -0.345 e. The van der Waals surface area contributed by atoms with Gasteiger partial charge in [-0.3, -0.25) is 0 Å². The van der Waals surface area contributed by atoms with Crippen molar-refractivity contribution in [3.63, 3.8) is 0 Å². The number of nitrogens with zero attached hydrogens (tertiary/aromatic N) is 2. The Morgan fingerprint density at radius 3 is 2.75 bits per heavy atom. The van der Waals surface area contributed by atoms with Gasteiger partial charge in [-0.05, 0) is 13.8 Å². The molecule has 3 nitrogen and oxygen atoms in total. The Morgan fingerprint density at radius 1 is 1.67 bits per heavy atom. The molecule has 0 amide bonds. The summed E-state index contributed by atoms with van der Waals surface area (Å²) >= 11 is 0. The van der Waals surface area contributed by atoms with Crippen LogP contribution < -0.4 is 0 Å². The SMILES string of the molecule is CCc1nc(C)c(C(C)C#N)[nH]1. The van der Waals surface area contributed by atoms with E-state index in [1.165, 1.54) is 0 Å². The average molecular weight is 163 g/mol. The zero-order valence-electron chi connectivity index (χ0n) is 7.68. The highest BCUT2D eigenvalue weighted by atomic mass is 14.9. The van der Waals surface area contributed by atoms with Crippen LogP contribution in [0.2, 0.25) is 0 Å². The van der Waals surface area contributed by atoms with Crippen molar-refractivity contribution < 1.29 is 0 Å². The number of nitriles is 1. The molecule has 1 rings (SSSR count). The number of hydrogen-bond acceptors (Lipinski definition) is 2. The Labute approximate surface area is 72.4 Å². The van der Waals surface area contributed by atoms with Crippen molar-refractivity contribution in [2.24, 2.45) is 0 Å². The lowest BCUT2D eigenvalue weighted by molar-refractivity contribution is 0.903. The molecular weight excluding hydrogens is 150 g/mol. The molecule has 0 aliphatic heterocycles. The summed E-state index contributed by atoms with van der Waals surface area (Å²) in [5.41, 5.74) is 1.90. The van der Waals surface area contributed by atoms with Crippen LogP contribution in [0, 0.1) is 18.3 Å². The molecule has 0 aromatic carbocycles. The van der Waals surface area contributed by atoms with Crippen molar-refractivity contribution in [1.29, 1.82) is 5.26 Å². The van der Waals surface area contributed by atoms with E-state index in [0.717, 1.165) is 23.6 Å². The minimum atomic E-state index is -0.0854. The van der Waals surface area contributed by atoms with Crippen LogP contribution in [0.25, 0.3) is 0 Å². The molecule has 0 aliphatic carbocycles. The van der Waals surface area contributed by atoms with Crippen LogP contribution in [-0.2, 0) is 6.42 Å². The zero-order valence-corrected chi connectivity index (χ0v) is 7.68. The number of aryl methyl sites for hydroxylation is 2. The standard InChI is InChI=1S/C9H13N3/c1-4-8-11-7(3)9(12-8)6(2)5-10/h6H,4H2,1-3H3,(H,11,12).